The van der Waals surface area contributed by atoms with Gasteiger partial charge in [-0.3, -0.25) is 9.59 Å². The minimum absolute atomic E-state index is 0. The standard InChI is InChI=1S/C29H28FIN2O4.CH3.ClH.W/c1-16(34)12-19-6-5-7-21(13-19)25-18(3)33(11-10-32-4)28(35)26-23(17(2)29(36)37-27(25)26)14-20-8-9-22(31)15-24(20)30;;;/h5-9,13,15,32H,10-12,14H2,1-4H3;1H3;1H;/q;-1;;. The van der Waals surface area contributed by atoms with E-state index in [0.717, 1.165) is 14.7 Å². The number of pyridine rings is 1. The van der Waals surface area contributed by atoms with Gasteiger partial charge in [0.1, 0.15) is 11.6 Å². The second-order valence-corrected chi connectivity index (χ2v) is 10.5. The van der Waals surface area contributed by atoms with Gasteiger partial charge in [-0.15, -0.1) is 12.4 Å². The fourth-order valence-corrected chi connectivity index (χ4v) is 5.14. The molecule has 0 radical (unpaired) electrons. The summed E-state index contributed by atoms with van der Waals surface area (Å²) < 4.78 is 23.1. The van der Waals surface area contributed by atoms with Crippen LogP contribution >= 0.6 is 35.0 Å². The predicted octanol–water partition coefficient (Wildman–Crippen LogP) is 5.79. The van der Waals surface area contributed by atoms with Gasteiger partial charge < -0.3 is 21.7 Å². The fourth-order valence-electron chi connectivity index (χ4n) is 4.69. The molecule has 0 fully saturated rings. The number of aromatic nitrogens is 1. The molecule has 0 atom stereocenters. The van der Waals surface area contributed by atoms with E-state index in [9.17, 15) is 18.8 Å². The van der Waals surface area contributed by atoms with Crippen LogP contribution < -0.4 is 16.5 Å². The van der Waals surface area contributed by atoms with E-state index in [-0.39, 0.29) is 81.6 Å². The normalized spacial score (nSPS) is 10.4. The first-order valence-electron chi connectivity index (χ1n) is 12.0. The molecule has 0 saturated heterocycles. The van der Waals surface area contributed by atoms with Crippen molar-refractivity contribution >= 4 is 51.8 Å². The van der Waals surface area contributed by atoms with Crippen LogP contribution in [0.4, 0.5) is 4.39 Å². The summed E-state index contributed by atoms with van der Waals surface area (Å²) in [7, 11) is 1.81. The first-order valence-corrected chi connectivity index (χ1v) is 13.1. The molecule has 0 amide bonds. The number of fused-ring (bicyclic) bond motifs is 1. The molecule has 0 aliphatic carbocycles. The van der Waals surface area contributed by atoms with Crippen molar-refractivity contribution in [1.29, 1.82) is 0 Å². The van der Waals surface area contributed by atoms with Gasteiger partial charge in [0, 0.05) is 67.4 Å². The van der Waals surface area contributed by atoms with Crippen molar-refractivity contribution in [3.63, 3.8) is 0 Å². The number of likely N-dealkylation sites (N-methyl/N-ethyl adjacent to an activating group) is 1. The molecule has 0 saturated carbocycles. The van der Waals surface area contributed by atoms with Gasteiger partial charge in [-0.1, -0.05) is 30.3 Å². The minimum atomic E-state index is -0.568. The van der Waals surface area contributed by atoms with Crippen LogP contribution in [0.3, 0.4) is 0 Å². The molecule has 6 nitrogen and oxygen atoms in total. The molecule has 2 aromatic heterocycles. The van der Waals surface area contributed by atoms with Crippen molar-refractivity contribution in [1.82, 2.24) is 9.88 Å². The van der Waals surface area contributed by atoms with Crippen molar-refractivity contribution in [2.75, 3.05) is 13.6 Å². The molecule has 0 unspecified atom stereocenters. The monoisotopic (exact) mass is 849 g/mol. The third-order valence-electron chi connectivity index (χ3n) is 6.57. The molecule has 214 valence electrons. The molecular formula is C30H32ClFIN2O4W-. The summed E-state index contributed by atoms with van der Waals surface area (Å²) in [5.74, 6) is -0.366. The van der Waals surface area contributed by atoms with Gasteiger partial charge in [0.05, 0.1) is 5.39 Å². The number of rotatable bonds is 8. The Balaban J connectivity index is 0.00000267. The van der Waals surface area contributed by atoms with Gasteiger partial charge in [-0.25, -0.2) is 9.18 Å². The van der Waals surface area contributed by atoms with Crippen LogP contribution in [0.25, 0.3) is 22.1 Å². The molecule has 2 heterocycles. The van der Waals surface area contributed by atoms with E-state index < -0.39 is 11.4 Å². The van der Waals surface area contributed by atoms with Gasteiger partial charge in [-0.2, -0.15) is 0 Å². The van der Waals surface area contributed by atoms with E-state index in [1.54, 1.807) is 23.6 Å². The maximum Gasteiger partial charge on any atom is 0.339 e. The second-order valence-electron chi connectivity index (χ2n) is 9.21. The summed E-state index contributed by atoms with van der Waals surface area (Å²) in [6, 6.07) is 12.4. The first kappa shape index (κ1) is 35.9. The van der Waals surface area contributed by atoms with Gasteiger partial charge in [0.15, 0.2) is 5.58 Å². The van der Waals surface area contributed by atoms with Crippen LogP contribution in [-0.4, -0.2) is 23.9 Å². The summed E-state index contributed by atoms with van der Waals surface area (Å²) in [4.78, 5) is 38.7. The predicted molar refractivity (Wildman–Crippen MR) is 166 cm³/mol. The van der Waals surface area contributed by atoms with Crippen LogP contribution in [0.15, 0.2) is 56.5 Å². The Hall–Kier alpha value is -2.13. The van der Waals surface area contributed by atoms with E-state index >= 15 is 0 Å². The summed E-state index contributed by atoms with van der Waals surface area (Å²) >= 11 is 2.04. The number of hydrogen-bond donors (Lipinski definition) is 1. The minimum Gasteiger partial charge on any atom is -0.422 e. The van der Waals surface area contributed by atoms with Crippen LogP contribution in [0, 0.1) is 30.7 Å². The Bertz CT molecular complexity index is 1650. The number of benzene rings is 2. The Morgan fingerprint density at radius 1 is 1.12 bits per heavy atom. The van der Waals surface area contributed by atoms with Gasteiger partial charge in [0.25, 0.3) is 5.56 Å². The zero-order chi connectivity index (χ0) is 26.9. The summed E-state index contributed by atoms with van der Waals surface area (Å²) in [5, 5.41) is 3.34. The molecule has 2 aromatic carbocycles. The van der Waals surface area contributed by atoms with E-state index in [2.05, 4.69) is 5.32 Å². The number of halogens is 3. The quantitative estimate of drug-likeness (QED) is 0.180. The Morgan fingerprint density at radius 3 is 2.45 bits per heavy atom. The van der Waals surface area contributed by atoms with Crippen LogP contribution in [0.2, 0.25) is 0 Å². The number of ketones is 1. The van der Waals surface area contributed by atoms with Gasteiger partial charge in [0.2, 0.25) is 0 Å². The topological polar surface area (TPSA) is 81.3 Å². The number of nitrogens with zero attached hydrogens (tertiary/aromatic N) is 1. The number of nitrogens with one attached hydrogen (secondary N) is 1. The number of carbonyl (C=O) groups is 1. The van der Waals surface area contributed by atoms with Gasteiger partial charge in [-0.05, 0) is 84.8 Å². The second kappa shape index (κ2) is 15.2. The molecule has 0 spiro atoms. The average Bonchev–Trinajstić information content (AvgIpc) is 2.83. The van der Waals surface area contributed by atoms with E-state index in [0.29, 0.717) is 35.5 Å². The van der Waals surface area contributed by atoms with Crippen molar-refractivity contribution in [2.45, 2.75) is 40.2 Å². The third kappa shape index (κ3) is 7.38. The Morgan fingerprint density at radius 2 is 1.82 bits per heavy atom. The fraction of sp³-hybridized carbons (Fsp3) is 0.267. The first-order chi connectivity index (χ1) is 17.6. The van der Waals surface area contributed by atoms with E-state index in [1.807, 2.05) is 60.8 Å². The zero-order valence-corrected chi connectivity index (χ0v) is 28.9. The van der Waals surface area contributed by atoms with Crippen molar-refractivity contribution < 1.29 is 34.7 Å². The Kier molecular flexibility index (Phi) is 13.6. The molecule has 0 aliphatic rings. The Labute approximate surface area is 267 Å². The molecule has 4 rings (SSSR count). The molecular weight excluding hydrogens is 818 g/mol. The van der Waals surface area contributed by atoms with Crippen molar-refractivity contribution in [3.8, 4) is 11.1 Å². The number of Topliss-reactive ketones (excluding diaryl/α,β-unsaturated/α-hetero) is 1. The van der Waals surface area contributed by atoms with Crippen LogP contribution in [-0.2, 0) is 45.2 Å². The van der Waals surface area contributed by atoms with E-state index in [1.165, 1.54) is 13.0 Å². The third-order valence-corrected chi connectivity index (χ3v) is 7.24. The SMILES string of the molecule is CNCCn1c(C)c(-c2cccc(CC(C)=O)c2)c2oc(=O)c(C)c(Cc3ccc(I)cc3F)c2c1=O.Cl.[CH3-].[W]. The van der Waals surface area contributed by atoms with Gasteiger partial charge >= 0.3 is 5.63 Å². The van der Waals surface area contributed by atoms with Crippen LogP contribution in [0.5, 0.6) is 0 Å². The largest absolute Gasteiger partial charge is 0.422 e. The number of hydrogen-bond acceptors (Lipinski definition) is 5. The molecule has 10 heteroatoms. The van der Waals surface area contributed by atoms with Crippen molar-refractivity contribution in [3.05, 3.63) is 108 Å². The zero-order valence-electron chi connectivity index (χ0n) is 23.0. The van der Waals surface area contributed by atoms with Crippen molar-refractivity contribution in [2.24, 2.45) is 0 Å². The molecule has 4 aromatic rings. The average molecular weight is 850 g/mol. The number of carbonyl (C=O) groups excluding carboxylic acids is 1. The van der Waals surface area contributed by atoms with Crippen LogP contribution in [0.1, 0.15) is 34.9 Å². The molecule has 0 aliphatic heterocycles. The molecule has 1 N–H and O–H groups in total. The molecule has 40 heavy (non-hydrogen) atoms. The smallest absolute Gasteiger partial charge is 0.339 e. The summed E-state index contributed by atoms with van der Waals surface area (Å²) in [6.45, 7) is 5.90. The summed E-state index contributed by atoms with van der Waals surface area (Å²) in [5.41, 5.74) is 3.25. The van der Waals surface area contributed by atoms with E-state index in [4.69, 9.17) is 4.42 Å². The molecule has 0 bridgehead atoms. The maximum atomic E-state index is 14.8. The maximum absolute atomic E-state index is 14.8. The summed E-state index contributed by atoms with van der Waals surface area (Å²) in [6.07, 6.45) is 0.343.